The van der Waals surface area contributed by atoms with Crippen molar-refractivity contribution in [3.63, 3.8) is 0 Å². The topological polar surface area (TPSA) is 29.3 Å². The van der Waals surface area contributed by atoms with Gasteiger partial charge in [0.1, 0.15) is 0 Å². The van der Waals surface area contributed by atoms with Crippen LogP contribution in [0.3, 0.4) is 0 Å². The summed E-state index contributed by atoms with van der Waals surface area (Å²) >= 11 is 6.40. The zero-order chi connectivity index (χ0) is 14.0. The zero-order valence-electron chi connectivity index (χ0n) is 12.2. The van der Waals surface area contributed by atoms with E-state index in [-0.39, 0.29) is 6.04 Å². The van der Waals surface area contributed by atoms with Gasteiger partial charge in [0.2, 0.25) is 0 Å². The van der Waals surface area contributed by atoms with Crippen LogP contribution in [-0.4, -0.2) is 18.6 Å². The van der Waals surface area contributed by atoms with Crippen LogP contribution in [0.4, 0.5) is 5.69 Å². The van der Waals surface area contributed by atoms with E-state index in [1.165, 1.54) is 18.5 Å². The van der Waals surface area contributed by atoms with Crippen LogP contribution in [0.1, 0.15) is 39.2 Å². The highest BCUT2D eigenvalue weighted by Crippen LogP contribution is 2.34. The number of benzene rings is 1. The quantitative estimate of drug-likeness (QED) is 0.857. The molecule has 0 radical (unpaired) electrons. The van der Waals surface area contributed by atoms with Crippen LogP contribution in [0.15, 0.2) is 18.2 Å². The van der Waals surface area contributed by atoms with E-state index < -0.39 is 0 Å². The predicted molar refractivity (Wildman–Crippen MR) is 84.0 cm³/mol. The van der Waals surface area contributed by atoms with Gasteiger partial charge in [0, 0.05) is 29.3 Å². The van der Waals surface area contributed by atoms with Gasteiger partial charge in [-0.05, 0) is 49.8 Å². The molecule has 3 heteroatoms. The van der Waals surface area contributed by atoms with E-state index in [4.69, 9.17) is 17.3 Å². The Morgan fingerprint density at radius 2 is 2.00 bits per heavy atom. The lowest BCUT2D eigenvalue weighted by molar-refractivity contribution is 0.607. The van der Waals surface area contributed by atoms with Crippen molar-refractivity contribution in [2.24, 2.45) is 11.7 Å². The predicted octanol–water partition coefficient (Wildman–Crippen LogP) is 3.85. The fraction of sp³-hybridized carbons (Fsp3) is 0.625. The average Bonchev–Trinajstić information content (AvgIpc) is 3.12. The molecular weight excluding hydrogens is 256 g/mol. The molecule has 2 N–H and O–H groups in total. The molecule has 1 aliphatic carbocycles. The highest BCUT2D eigenvalue weighted by atomic mass is 35.5. The number of nitrogens with zero attached hydrogens (tertiary/aromatic N) is 1. The Bertz CT molecular complexity index is 425. The van der Waals surface area contributed by atoms with Gasteiger partial charge in [0.25, 0.3) is 0 Å². The minimum absolute atomic E-state index is 0.151. The van der Waals surface area contributed by atoms with E-state index in [1.54, 1.807) is 0 Å². The number of hydrogen-bond donors (Lipinski definition) is 1. The molecule has 1 aromatic carbocycles. The summed E-state index contributed by atoms with van der Waals surface area (Å²) in [4.78, 5) is 2.51. The second-order valence-corrected chi connectivity index (χ2v) is 6.64. The van der Waals surface area contributed by atoms with E-state index >= 15 is 0 Å². The van der Waals surface area contributed by atoms with E-state index in [0.717, 1.165) is 29.6 Å². The summed E-state index contributed by atoms with van der Waals surface area (Å²) in [5.41, 5.74) is 8.26. The summed E-state index contributed by atoms with van der Waals surface area (Å²) in [6, 6.07) is 7.32. The van der Waals surface area contributed by atoms with Crippen LogP contribution >= 0.6 is 11.6 Å². The number of rotatable bonds is 6. The Balaban J connectivity index is 2.16. The summed E-state index contributed by atoms with van der Waals surface area (Å²) in [5, 5.41) is 0.851. The van der Waals surface area contributed by atoms with Gasteiger partial charge < -0.3 is 10.6 Å². The van der Waals surface area contributed by atoms with Gasteiger partial charge in [-0.15, -0.1) is 0 Å². The van der Waals surface area contributed by atoms with Gasteiger partial charge >= 0.3 is 0 Å². The van der Waals surface area contributed by atoms with Gasteiger partial charge in [-0.2, -0.15) is 0 Å². The Hall–Kier alpha value is -0.730. The van der Waals surface area contributed by atoms with Crippen molar-refractivity contribution >= 4 is 17.3 Å². The smallest absolute Gasteiger partial charge is 0.0459 e. The van der Waals surface area contributed by atoms with Crippen LogP contribution in [0.25, 0.3) is 0 Å². The molecule has 1 aromatic rings. The summed E-state index contributed by atoms with van der Waals surface area (Å²) in [6.07, 6.45) is 3.46. The molecule has 1 atom stereocenters. The maximum atomic E-state index is 6.40. The molecule has 106 valence electrons. The highest BCUT2D eigenvalue weighted by Gasteiger charge is 2.29. The minimum Gasteiger partial charge on any atom is -0.368 e. The lowest BCUT2D eigenvalue weighted by Gasteiger charge is -2.27. The molecule has 0 saturated heterocycles. The SMILES string of the molecule is CC(C)CN(c1ccc(CC(C)N)c(Cl)c1)C1CC1. The largest absolute Gasteiger partial charge is 0.368 e. The molecule has 1 aliphatic rings. The molecule has 0 heterocycles. The van der Waals surface area contributed by atoms with E-state index in [9.17, 15) is 0 Å². The van der Waals surface area contributed by atoms with Crippen LogP contribution in [0.5, 0.6) is 0 Å². The summed E-state index contributed by atoms with van der Waals surface area (Å²) < 4.78 is 0. The molecule has 1 unspecified atom stereocenters. The van der Waals surface area contributed by atoms with Crippen molar-refractivity contribution < 1.29 is 0 Å². The standard InChI is InChI=1S/C16H25ClN2/c1-11(2)10-19(14-6-7-14)15-5-4-13(8-12(3)18)16(17)9-15/h4-5,9,11-12,14H,6-8,10,18H2,1-3H3. The molecule has 0 aliphatic heterocycles. The van der Waals surface area contributed by atoms with Crippen LogP contribution in [-0.2, 0) is 6.42 Å². The third-order valence-electron chi connectivity index (χ3n) is 3.46. The summed E-state index contributed by atoms with van der Waals surface area (Å²) in [6.45, 7) is 7.65. The van der Waals surface area contributed by atoms with Crippen molar-refractivity contribution in [3.8, 4) is 0 Å². The van der Waals surface area contributed by atoms with Crippen LogP contribution < -0.4 is 10.6 Å². The maximum absolute atomic E-state index is 6.40. The number of anilines is 1. The molecule has 0 amide bonds. The molecule has 0 aromatic heterocycles. The van der Waals surface area contributed by atoms with Gasteiger partial charge in [-0.3, -0.25) is 0 Å². The first-order valence-electron chi connectivity index (χ1n) is 7.28. The Labute approximate surface area is 121 Å². The molecule has 19 heavy (non-hydrogen) atoms. The van der Waals surface area contributed by atoms with Gasteiger partial charge in [-0.25, -0.2) is 0 Å². The molecule has 2 nitrogen and oxygen atoms in total. The van der Waals surface area contributed by atoms with Gasteiger partial charge in [-0.1, -0.05) is 31.5 Å². The monoisotopic (exact) mass is 280 g/mol. The fourth-order valence-electron chi connectivity index (χ4n) is 2.47. The maximum Gasteiger partial charge on any atom is 0.0459 e. The number of nitrogens with two attached hydrogens (primary N) is 1. The lowest BCUT2D eigenvalue weighted by atomic mass is 10.1. The molecule has 0 spiro atoms. The van der Waals surface area contributed by atoms with E-state index in [0.29, 0.717) is 5.92 Å². The van der Waals surface area contributed by atoms with Crippen molar-refractivity contribution in [1.29, 1.82) is 0 Å². The van der Waals surface area contributed by atoms with E-state index in [1.807, 2.05) is 6.92 Å². The first kappa shape index (κ1) is 14.7. The first-order chi connectivity index (χ1) is 8.97. The zero-order valence-corrected chi connectivity index (χ0v) is 13.0. The summed E-state index contributed by atoms with van der Waals surface area (Å²) in [5.74, 6) is 0.670. The van der Waals surface area contributed by atoms with E-state index in [2.05, 4.69) is 36.9 Å². The fourth-order valence-corrected chi connectivity index (χ4v) is 2.72. The van der Waals surface area contributed by atoms with Crippen molar-refractivity contribution in [3.05, 3.63) is 28.8 Å². The molecule has 1 fully saturated rings. The Morgan fingerprint density at radius 1 is 1.32 bits per heavy atom. The molecule has 1 saturated carbocycles. The van der Waals surface area contributed by atoms with Crippen molar-refractivity contribution in [1.82, 2.24) is 0 Å². The van der Waals surface area contributed by atoms with Crippen LogP contribution in [0.2, 0.25) is 5.02 Å². The second-order valence-electron chi connectivity index (χ2n) is 6.23. The molecular formula is C16H25ClN2. The van der Waals surface area contributed by atoms with Crippen LogP contribution in [0, 0.1) is 5.92 Å². The van der Waals surface area contributed by atoms with Crippen molar-refractivity contribution in [2.75, 3.05) is 11.4 Å². The second kappa shape index (κ2) is 6.15. The van der Waals surface area contributed by atoms with Gasteiger partial charge in [0.15, 0.2) is 0 Å². The molecule has 0 bridgehead atoms. The normalized spacial score (nSPS) is 16.7. The highest BCUT2D eigenvalue weighted by molar-refractivity contribution is 6.31. The van der Waals surface area contributed by atoms with Gasteiger partial charge in [0.05, 0.1) is 0 Å². The Kier molecular flexibility index (Phi) is 4.75. The lowest BCUT2D eigenvalue weighted by Crippen LogP contribution is -2.29. The summed E-state index contributed by atoms with van der Waals surface area (Å²) in [7, 11) is 0. The minimum atomic E-state index is 0.151. The number of halogens is 1. The molecule has 2 rings (SSSR count). The third-order valence-corrected chi connectivity index (χ3v) is 3.81. The third kappa shape index (κ3) is 4.12. The van der Waals surface area contributed by atoms with Crippen molar-refractivity contribution in [2.45, 2.75) is 52.1 Å². The number of hydrogen-bond acceptors (Lipinski definition) is 2. The average molecular weight is 281 g/mol. The first-order valence-corrected chi connectivity index (χ1v) is 7.65. The Morgan fingerprint density at radius 3 is 2.47 bits per heavy atom.